The number of carbonyl (C=O) groups excluding carboxylic acids is 1. The molecule has 0 saturated carbocycles. The second-order valence-electron chi connectivity index (χ2n) is 8.06. The third-order valence-electron chi connectivity index (χ3n) is 5.59. The number of piperazine rings is 1. The average Bonchev–Trinajstić information content (AvgIpc) is 3.22. The minimum absolute atomic E-state index is 0.0293. The minimum atomic E-state index is 0.0293. The maximum absolute atomic E-state index is 13.1. The van der Waals surface area contributed by atoms with E-state index < -0.39 is 0 Å². The van der Waals surface area contributed by atoms with Crippen molar-refractivity contribution >= 4 is 27.5 Å². The van der Waals surface area contributed by atoms with Gasteiger partial charge >= 0.3 is 0 Å². The Morgan fingerprint density at radius 2 is 1.77 bits per heavy atom. The molecular weight excluding hydrogens is 410 g/mol. The lowest BCUT2D eigenvalue weighted by Gasteiger charge is -2.37. The molecule has 1 fully saturated rings. The first-order chi connectivity index (χ1) is 15.0. The predicted octanol–water partition coefficient (Wildman–Crippen LogP) is 4.61. The molecule has 1 amide bonds. The van der Waals surface area contributed by atoms with Crippen molar-refractivity contribution in [3.05, 3.63) is 53.0 Å². The monoisotopic (exact) mass is 439 g/mol. The van der Waals surface area contributed by atoms with Gasteiger partial charge in [-0.1, -0.05) is 12.1 Å². The molecule has 1 aromatic heterocycles. The van der Waals surface area contributed by atoms with Crippen molar-refractivity contribution in [2.45, 2.75) is 32.9 Å². The summed E-state index contributed by atoms with van der Waals surface area (Å²) in [5.74, 6) is 1.27. The molecule has 2 aromatic carbocycles. The van der Waals surface area contributed by atoms with E-state index in [2.05, 4.69) is 30.0 Å². The highest BCUT2D eigenvalue weighted by Gasteiger charge is 2.27. The highest BCUT2D eigenvalue weighted by atomic mass is 32.1. The first-order valence-corrected chi connectivity index (χ1v) is 11.5. The van der Waals surface area contributed by atoms with E-state index >= 15 is 0 Å². The third-order valence-corrected chi connectivity index (χ3v) is 6.80. The molecule has 6 nitrogen and oxygen atoms in total. The van der Waals surface area contributed by atoms with Crippen molar-refractivity contribution in [1.29, 1.82) is 0 Å². The quantitative estimate of drug-likeness (QED) is 0.561. The average molecular weight is 440 g/mol. The van der Waals surface area contributed by atoms with Crippen molar-refractivity contribution in [2.24, 2.45) is 0 Å². The maximum Gasteiger partial charge on any atom is 0.254 e. The first-order valence-electron chi connectivity index (χ1n) is 10.7. The van der Waals surface area contributed by atoms with Crippen LogP contribution in [0.4, 0.5) is 0 Å². The van der Waals surface area contributed by atoms with Crippen LogP contribution in [0.25, 0.3) is 10.2 Å². The molecule has 7 heteroatoms. The van der Waals surface area contributed by atoms with Gasteiger partial charge in [0.15, 0.2) is 11.5 Å². The number of methoxy groups -OCH3 is 1. The first kappa shape index (κ1) is 21.6. The van der Waals surface area contributed by atoms with Gasteiger partial charge in [-0.2, -0.15) is 0 Å². The summed E-state index contributed by atoms with van der Waals surface area (Å²) in [7, 11) is 1.60. The zero-order valence-corrected chi connectivity index (χ0v) is 19.3. The number of rotatable bonds is 6. The molecule has 0 spiro atoms. The third kappa shape index (κ3) is 4.67. The minimum Gasteiger partial charge on any atom is -0.493 e. The lowest BCUT2D eigenvalue weighted by molar-refractivity contribution is 0.0581. The van der Waals surface area contributed by atoms with E-state index in [1.165, 1.54) is 4.70 Å². The number of nitrogens with zero attached hydrogens (tertiary/aromatic N) is 3. The summed E-state index contributed by atoms with van der Waals surface area (Å²) < 4.78 is 12.4. The summed E-state index contributed by atoms with van der Waals surface area (Å²) in [4.78, 5) is 22.2. The molecule has 0 N–H and O–H groups in total. The van der Waals surface area contributed by atoms with E-state index in [0.717, 1.165) is 23.6 Å². The number of thiazole rings is 1. The van der Waals surface area contributed by atoms with Gasteiger partial charge in [-0.15, -0.1) is 11.3 Å². The van der Waals surface area contributed by atoms with Gasteiger partial charge < -0.3 is 14.4 Å². The zero-order valence-electron chi connectivity index (χ0n) is 18.5. The molecule has 0 bridgehead atoms. The van der Waals surface area contributed by atoms with E-state index in [4.69, 9.17) is 14.5 Å². The van der Waals surface area contributed by atoms with E-state index in [1.807, 2.05) is 36.9 Å². The molecule has 2 heterocycles. The Balaban J connectivity index is 1.40. The van der Waals surface area contributed by atoms with Crippen LogP contribution in [-0.2, 0) is 0 Å². The summed E-state index contributed by atoms with van der Waals surface area (Å²) in [6, 6.07) is 13.9. The Labute approximate surface area is 187 Å². The highest BCUT2D eigenvalue weighted by Crippen LogP contribution is 2.31. The lowest BCUT2D eigenvalue weighted by Crippen LogP contribution is -2.49. The molecule has 31 heavy (non-hydrogen) atoms. The van der Waals surface area contributed by atoms with Crippen molar-refractivity contribution < 1.29 is 14.3 Å². The van der Waals surface area contributed by atoms with Crippen LogP contribution < -0.4 is 9.47 Å². The second kappa shape index (κ2) is 9.24. The predicted molar refractivity (Wildman–Crippen MR) is 124 cm³/mol. The lowest BCUT2D eigenvalue weighted by atomic mass is 10.1. The van der Waals surface area contributed by atoms with Crippen LogP contribution in [-0.4, -0.2) is 60.1 Å². The van der Waals surface area contributed by atoms with Gasteiger partial charge in [0.05, 0.1) is 29.5 Å². The van der Waals surface area contributed by atoms with Crippen LogP contribution >= 0.6 is 11.3 Å². The van der Waals surface area contributed by atoms with Gasteiger partial charge in [-0.3, -0.25) is 9.69 Å². The number of aromatic nitrogens is 1. The molecule has 0 radical (unpaired) electrons. The Hall–Kier alpha value is -2.64. The fourth-order valence-corrected chi connectivity index (χ4v) is 4.93. The van der Waals surface area contributed by atoms with Gasteiger partial charge in [-0.25, -0.2) is 4.98 Å². The van der Waals surface area contributed by atoms with Gasteiger partial charge in [-0.05, 0) is 51.1 Å². The van der Waals surface area contributed by atoms with Crippen LogP contribution in [0.3, 0.4) is 0 Å². The smallest absolute Gasteiger partial charge is 0.254 e. The molecule has 0 unspecified atom stereocenters. The largest absolute Gasteiger partial charge is 0.493 e. The Bertz CT molecular complexity index is 1020. The van der Waals surface area contributed by atoms with Crippen LogP contribution in [0.5, 0.6) is 11.5 Å². The summed E-state index contributed by atoms with van der Waals surface area (Å²) in [5, 5.41) is 1.13. The van der Waals surface area contributed by atoms with Gasteiger partial charge in [0.25, 0.3) is 5.91 Å². The topological polar surface area (TPSA) is 54.9 Å². The molecule has 1 aliphatic rings. The Morgan fingerprint density at radius 3 is 2.45 bits per heavy atom. The molecule has 3 aromatic rings. The number of carbonyl (C=O) groups is 1. The highest BCUT2D eigenvalue weighted by molar-refractivity contribution is 7.18. The fraction of sp³-hybridized carbons (Fsp3) is 0.417. The Morgan fingerprint density at radius 1 is 1.03 bits per heavy atom. The SMILES string of the molecule is COc1cc(C(=O)N2CCN([C@@H](C)c3nc4ccccc4s3)CC2)ccc1OC(C)C. The van der Waals surface area contributed by atoms with E-state index in [-0.39, 0.29) is 18.1 Å². The van der Waals surface area contributed by atoms with Crippen LogP contribution in [0, 0.1) is 0 Å². The van der Waals surface area contributed by atoms with Crippen LogP contribution in [0.15, 0.2) is 42.5 Å². The number of hydrogen-bond donors (Lipinski definition) is 0. The maximum atomic E-state index is 13.1. The molecule has 1 aliphatic heterocycles. The van der Waals surface area contributed by atoms with Crippen LogP contribution in [0.2, 0.25) is 0 Å². The molecule has 1 atom stereocenters. The summed E-state index contributed by atoms with van der Waals surface area (Å²) in [6.07, 6.45) is 0.0425. The standard InChI is InChI=1S/C24H29N3O3S/c1-16(2)30-20-10-9-18(15-21(20)29-4)24(28)27-13-11-26(12-14-27)17(3)23-25-19-7-5-6-8-22(19)31-23/h5-10,15-17H,11-14H2,1-4H3/t17-/m0/s1. The van der Waals surface area contributed by atoms with E-state index in [0.29, 0.717) is 30.2 Å². The van der Waals surface area contributed by atoms with Crippen molar-refractivity contribution in [3.8, 4) is 11.5 Å². The molecule has 164 valence electrons. The van der Waals surface area contributed by atoms with Gasteiger partial charge in [0.1, 0.15) is 5.01 Å². The van der Waals surface area contributed by atoms with Crippen molar-refractivity contribution in [3.63, 3.8) is 0 Å². The van der Waals surface area contributed by atoms with Crippen LogP contribution in [0.1, 0.15) is 42.2 Å². The zero-order chi connectivity index (χ0) is 22.0. The van der Waals surface area contributed by atoms with Crippen molar-refractivity contribution in [2.75, 3.05) is 33.3 Å². The number of ether oxygens (including phenoxy) is 2. The number of amides is 1. The summed E-state index contributed by atoms with van der Waals surface area (Å²) >= 11 is 1.75. The Kier molecular flexibility index (Phi) is 6.43. The van der Waals surface area contributed by atoms with Gasteiger partial charge in [0.2, 0.25) is 0 Å². The van der Waals surface area contributed by atoms with Crippen molar-refractivity contribution in [1.82, 2.24) is 14.8 Å². The fourth-order valence-electron chi connectivity index (χ4n) is 3.87. The van der Waals surface area contributed by atoms with Gasteiger partial charge in [0, 0.05) is 31.7 Å². The molecule has 0 aliphatic carbocycles. The molecular formula is C24H29N3O3S. The summed E-state index contributed by atoms with van der Waals surface area (Å²) in [6.45, 7) is 9.18. The van der Waals surface area contributed by atoms with E-state index in [1.54, 1.807) is 24.5 Å². The normalized spacial score (nSPS) is 16.0. The van der Waals surface area contributed by atoms with E-state index in [9.17, 15) is 4.79 Å². The molecule has 4 rings (SSSR count). The number of fused-ring (bicyclic) bond motifs is 1. The number of hydrogen-bond acceptors (Lipinski definition) is 6. The number of benzene rings is 2. The summed E-state index contributed by atoms with van der Waals surface area (Å²) in [5.41, 5.74) is 1.68. The number of para-hydroxylation sites is 1. The second-order valence-corrected chi connectivity index (χ2v) is 9.12. The molecule has 1 saturated heterocycles.